The first-order valence-corrected chi connectivity index (χ1v) is 16.0. The summed E-state index contributed by atoms with van der Waals surface area (Å²) in [6.45, 7) is 14.7. The maximum Gasteiger partial charge on any atom is 0.312 e. The number of hydrogen-bond donors (Lipinski definition) is 2. The third kappa shape index (κ3) is 6.85. The summed E-state index contributed by atoms with van der Waals surface area (Å²) in [6, 6.07) is -1.70. The van der Waals surface area contributed by atoms with Gasteiger partial charge in [0.05, 0.1) is 50.3 Å². The molecule has 4 saturated heterocycles. The highest BCUT2D eigenvalue weighted by molar-refractivity contribution is 9.09. The summed E-state index contributed by atoms with van der Waals surface area (Å²) in [6.07, 6.45) is 3.18. The van der Waals surface area contributed by atoms with Crippen LogP contribution in [-0.2, 0) is 33.4 Å². The summed E-state index contributed by atoms with van der Waals surface area (Å²) in [4.78, 5) is 59.2. The minimum Gasteiger partial charge on any atom is -0.460 e. The lowest BCUT2D eigenvalue weighted by Gasteiger charge is -2.39. The van der Waals surface area contributed by atoms with Crippen LogP contribution in [0.2, 0.25) is 0 Å². The van der Waals surface area contributed by atoms with Crippen LogP contribution >= 0.6 is 15.9 Å². The number of aliphatic hydroxyl groups is 1. The van der Waals surface area contributed by atoms with Crippen LogP contribution in [-0.4, -0.2) is 137 Å². The van der Waals surface area contributed by atoms with Gasteiger partial charge in [0.25, 0.3) is 0 Å². The number of ether oxygens (including phenoxy) is 3. The number of nitrogens with zero attached hydrogens (tertiary/aromatic N) is 3. The van der Waals surface area contributed by atoms with Gasteiger partial charge in [-0.15, -0.1) is 13.2 Å². The van der Waals surface area contributed by atoms with Crippen molar-refractivity contribution in [3.63, 3.8) is 0 Å². The number of halogens is 1. The molecule has 2 N–H and O–H groups in total. The average Bonchev–Trinajstić information content (AvgIpc) is 3.60. The number of allylic oxidation sites excluding steroid dienone is 1. The quantitative estimate of drug-likeness (QED) is 0.145. The molecule has 0 aromatic rings. The summed E-state index contributed by atoms with van der Waals surface area (Å²) in [5.41, 5.74) is -1.26. The Bertz CT molecular complexity index is 1070. The van der Waals surface area contributed by atoms with Crippen molar-refractivity contribution in [2.45, 2.75) is 67.8 Å². The molecule has 0 aromatic heterocycles. The normalized spacial score (nSPS) is 31.3. The fourth-order valence-electron chi connectivity index (χ4n) is 6.78. The Kier molecular flexibility index (Phi) is 11.4. The van der Waals surface area contributed by atoms with E-state index in [1.54, 1.807) is 30.9 Å². The molecular formula is C30H45BrN4O8. The average molecular weight is 670 g/mol. The van der Waals surface area contributed by atoms with E-state index in [0.29, 0.717) is 39.1 Å². The maximum absolute atomic E-state index is 14.4. The minimum atomic E-state index is -1.26. The lowest BCUT2D eigenvalue weighted by molar-refractivity contribution is -0.160. The van der Waals surface area contributed by atoms with Crippen LogP contribution in [0, 0.1) is 11.8 Å². The molecule has 43 heavy (non-hydrogen) atoms. The fourth-order valence-corrected chi connectivity index (χ4v) is 7.73. The van der Waals surface area contributed by atoms with Gasteiger partial charge in [-0.25, -0.2) is 0 Å². The molecule has 1 spiro atoms. The van der Waals surface area contributed by atoms with Gasteiger partial charge in [-0.05, 0) is 26.7 Å². The topological polar surface area (TPSA) is 138 Å². The van der Waals surface area contributed by atoms with E-state index in [1.165, 1.54) is 4.90 Å². The third-order valence-corrected chi connectivity index (χ3v) is 9.75. The molecule has 0 saturated carbocycles. The zero-order valence-corrected chi connectivity index (χ0v) is 26.7. The van der Waals surface area contributed by atoms with Crippen LogP contribution in [0.3, 0.4) is 0 Å². The number of nitrogens with one attached hydrogen (secondary N) is 1. The monoisotopic (exact) mass is 668 g/mol. The molecule has 1 unspecified atom stereocenters. The Balaban J connectivity index is 1.56. The van der Waals surface area contributed by atoms with Gasteiger partial charge < -0.3 is 34.4 Å². The van der Waals surface area contributed by atoms with E-state index < -0.39 is 53.6 Å². The van der Waals surface area contributed by atoms with Crippen LogP contribution in [0.5, 0.6) is 0 Å². The predicted octanol–water partition coefficient (Wildman–Crippen LogP) is 0.476. The van der Waals surface area contributed by atoms with Crippen molar-refractivity contribution >= 4 is 39.6 Å². The van der Waals surface area contributed by atoms with E-state index in [1.807, 2.05) is 0 Å². The van der Waals surface area contributed by atoms with Crippen molar-refractivity contribution in [3.8, 4) is 0 Å². The zero-order chi connectivity index (χ0) is 31.3. The van der Waals surface area contributed by atoms with Crippen molar-refractivity contribution in [1.82, 2.24) is 20.0 Å². The predicted molar refractivity (Wildman–Crippen MR) is 161 cm³/mol. The lowest BCUT2D eigenvalue weighted by Crippen LogP contribution is -2.59. The van der Waals surface area contributed by atoms with E-state index in [0.717, 1.165) is 13.1 Å². The summed E-state index contributed by atoms with van der Waals surface area (Å²) in [5.74, 6) is -3.38. The van der Waals surface area contributed by atoms with Crippen LogP contribution < -0.4 is 5.32 Å². The maximum atomic E-state index is 14.4. The molecule has 4 rings (SSSR count). The minimum absolute atomic E-state index is 0.121. The molecule has 13 heteroatoms. The molecule has 4 fully saturated rings. The smallest absolute Gasteiger partial charge is 0.312 e. The number of alkyl halides is 1. The van der Waals surface area contributed by atoms with Gasteiger partial charge in [0.1, 0.15) is 17.7 Å². The van der Waals surface area contributed by atoms with E-state index in [-0.39, 0.29) is 42.8 Å². The van der Waals surface area contributed by atoms with E-state index in [4.69, 9.17) is 14.2 Å². The van der Waals surface area contributed by atoms with Crippen molar-refractivity contribution < 1.29 is 38.5 Å². The van der Waals surface area contributed by atoms with Crippen molar-refractivity contribution in [1.29, 1.82) is 0 Å². The Morgan fingerprint density at radius 3 is 2.63 bits per heavy atom. The standard InChI is InChI=1S/C30H45BrN4O8/c1-5-7-8-22(37)32-17-20(4)42-29(40)23-24-27(38)35(19(3)18-36)26(30(24)16-21(31)25(23)43-30)28(39)34(9-6-2)11-10-33-12-14-41-15-13-33/h5-6,19-21,23-26,36H,1-2,7-18H2,3-4H3,(H,32,37)/t19-,20-,21?,23+,24-,25+,26+,30-/m1/s1. The Labute approximate surface area is 261 Å². The van der Waals surface area contributed by atoms with Crippen LogP contribution in [0.4, 0.5) is 0 Å². The molecular weight excluding hydrogens is 624 g/mol. The molecule has 8 atom stereocenters. The molecule has 2 bridgehead atoms. The first-order chi connectivity index (χ1) is 20.6. The highest BCUT2D eigenvalue weighted by Gasteiger charge is 2.77. The van der Waals surface area contributed by atoms with E-state index >= 15 is 0 Å². The van der Waals surface area contributed by atoms with Crippen LogP contribution in [0.25, 0.3) is 0 Å². The van der Waals surface area contributed by atoms with Gasteiger partial charge in [-0.1, -0.05) is 28.1 Å². The number of carbonyl (C=O) groups excluding carboxylic acids is 4. The molecule has 4 heterocycles. The summed E-state index contributed by atoms with van der Waals surface area (Å²) >= 11 is 3.66. The highest BCUT2D eigenvalue weighted by Crippen LogP contribution is 2.60. The SMILES string of the molecule is C=CCCC(=O)NC[C@@H](C)OC(=O)[C@@H]1[C@H]2O[C@@]3(CC2Br)[C@H](C(=O)N(CC=C)CCN2CCOCC2)N([C@H](C)CO)C(=O)[C@@H]13. The Morgan fingerprint density at radius 2 is 1.98 bits per heavy atom. The molecule has 4 aliphatic heterocycles. The summed E-state index contributed by atoms with van der Waals surface area (Å²) in [7, 11) is 0. The second kappa shape index (κ2) is 14.6. The zero-order valence-electron chi connectivity index (χ0n) is 25.1. The van der Waals surface area contributed by atoms with Crippen molar-refractivity contribution in [2.24, 2.45) is 11.8 Å². The molecule has 0 radical (unpaired) electrons. The first kappa shape index (κ1) is 33.6. The first-order valence-electron chi connectivity index (χ1n) is 15.1. The highest BCUT2D eigenvalue weighted by atomic mass is 79.9. The van der Waals surface area contributed by atoms with Crippen molar-refractivity contribution in [3.05, 3.63) is 25.3 Å². The van der Waals surface area contributed by atoms with Crippen LogP contribution in [0.15, 0.2) is 25.3 Å². The molecule has 240 valence electrons. The summed E-state index contributed by atoms with van der Waals surface area (Å²) < 4.78 is 17.7. The van der Waals surface area contributed by atoms with Gasteiger partial charge in [-0.3, -0.25) is 24.1 Å². The molecule has 0 aliphatic carbocycles. The number of morpholine rings is 1. The number of amides is 3. The number of likely N-dealkylation sites (tertiary alicyclic amines) is 1. The lowest BCUT2D eigenvalue weighted by atomic mass is 9.70. The Morgan fingerprint density at radius 1 is 1.26 bits per heavy atom. The number of carbonyl (C=O) groups is 4. The molecule has 0 aromatic carbocycles. The number of rotatable bonds is 15. The fraction of sp³-hybridized carbons (Fsp3) is 0.733. The third-order valence-electron chi connectivity index (χ3n) is 8.90. The summed E-state index contributed by atoms with van der Waals surface area (Å²) in [5, 5.41) is 12.9. The van der Waals surface area contributed by atoms with Crippen molar-refractivity contribution in [2.75, 3.05) is 59.1 Å². The van der Waals surface area contributed by atoms with Crippen LogP contribution in [0.1, 0.15) is 33.1 Å². The Hall–Kier alpha value is -2.32. The second-order valence-electron chi connectivity index (χ2n) is 11.8. The number of hydrogen-bond acceptors (Lipinski definition) is 9. The van der Waals surface area contributed by atoms with Gasteiger partial charge in [0, 0.05) is 44.0 Å². The molecule has 12 nitrogen and oxygen atoms in total. The second-order valence-corrected chi connectivity index (χ2v) is 13.0. The van der Waals surface area contributed by atoms with Gasteiger partial charge in [0.2, 0.25) is 17.7 Å². The number of aliphatic hydroxyl groups excluding tert-OH is 1. The van der Waals surface area contributed by atoms with Gasteiger partial charge >= 0.3 is 5.97 Å². The van der Waals surface area contributed by atoms with E-state index in [9.17, 15) is 24.3 Å². The molecule has 4 aliphatic rings. The van der Waals surface area contributed by atoms with Gasteiger partial charge in [0.15, 0.2) is 0 Å². The van der Waals surface area contributed by atoms with E-state index in [2.05, 4.69) is 39.3 Å². The number of esters is 1. The number of fused-ring (bicyclic) bond motifs is 1. The van der Waals surface area contributed by atoms with Gasteiger partial charge in [-0.2, -0.15) is 0 Å². The largest absolute Gasteiger partial charge is 0.460 e. The molecule has 3 amide bonds.